The highest BCUT2D eigenvalue weighted by Gasteiger charge is 2.34. The molecule has 0 aliphatic heterocycles. The highest BCUT2D eigenvalue weighted by molar-refractivity contribution is 14.1. The summed E-state index contributed by atoms with van der Waals surface area (Å²) in [6.45, 7) is 1.81. The second-order valence-electron chi connectivity index (χ2n) is 7.47. The number of hydrogen-bond acceptors (Lipinski definition) is 4. The third kappa shape index (κ3) is 5.39. The number of carbonyl (C=O) groups is 1. The molecule has 2 amide bonds. The summed E-state index contributed by atoms with van der Waals surface area (Å²) in [4.78, 5) is 21.1. The van der Waals surface area contributed by atoms with Crippen LogP contribution in [0.4, 0.5) is 29.3 Å². The van der Waals surface area contributed by atoms with E-state index in [4.69, 9.17) is 4.74 Å². The van der Waals surface area contributed by atoms with E-state index in [0.29, 0.717) is 5.69 Å². The lowest BCUT2D eigenvalue weighted by Crippen LogP contribution is -2.21. The molecule has 0 saturated carbocycles. The number of urea groups is 1. The number of rotatable bonds is 5. The van der Waals surface area contributed by atoms with Crippen molar-refractivity contribution >= 4 is 40.0 Å². The molecule has 0 fully saturated rings. The zero-order valence-electron chi connectivity index (χ0n) is 18.5. The molecule has 0 unspecified atom stereocenters. The lowest BCUT2D eigenvalue weighted by atomic mass is 10.1. The van der Waals surface area contributed by atoms with Gasteiger partial charge in [-0.25, -0.2) is 9.78 Å². The first kappa shape index (κ1) is 24.5. The van der Waals surface area contributed by atoms with Crippen molar-refractivity contribution in [3.05, 3.63) is 81.9 Å². The van der Waals surface area contributed by atoms with Crippen LogP contribution < -0.4 is 15.4 Å². The topological polar surface area (TPSA) is 81.1 Å². The Hall–Kier alpha value is -3.61. The molecule has 2 N–H and O–H groups in total. The third-order valence-corrected chi connectivity index (χ3v) is 6.05. The van der Waals surface area contributed by atoms with Crippen LogP contribution in [-0.4, -0.2) is 27.7 Å². The second-order valence-corrected chi connectivity index (χ2v) is 8.63. The number of imidazole rings is 1. The molecule has 7 nitrogen and oxygen atoms in total. The van der Waals surface area contributed by atoms with E-state index in [2.05, 4.69) is 20.6 Å². The molecule has 11 heteroatoms. The molecular formula is C24H19F3IN5O2. The highest BCUT2D eigenvalue weighted by atomic mass is 127. The molecule has 0 aliphatic carbocycles. The van der Waals surface area contributed by atoms with Crippen LogP contribution in [0.3, 0.4) is 0 Å². The molecule has 2 aromatic carbocycles. The Labute approximate surface area is 212 Å². The van der Waals surface area contributed by atoms with Crippen molar-refractivity contribution in [2.75, 3.05) is 17.7 Å². The molecule has 0 radical (unpaired) electrons. The average Bonchev–Trinajstić information content (AvgIpc) is 3.31. The van der Waals surface area contributed by atoms with Crippen LogP contribution >= 0.6 is 22.6 Å². The Balaban J connectivity index is 1.55. The van der Waals surface area contributed by atoms with Crippen LogP contribution in [0.1, 0.15) is 11.1 Å². The average molecular weight is 593 g/mol. The standard InChI is InChI=1S/C24H19F3IN5O2/c1-14-11-16(33-10-9-30-22(33)15-5-7-29-8-6-15)3-4-19(14)31-23(34)32-20-12-17(24(25,26)27)18(28)13-21(20)35-2/h3-13H,1-2H3,(H2,31,32,34). The zero-order valence-corrected chi connectivity index (χ0v) is 20.7. The van der Waals surface area contributed by atoms with E-state index in [1.54, 1.807) is 47.2 Å². The fourth-order valence-corrected chi connectivity index (χ4v) is 4.22. The van der Waals surface area contributed by atoms with Gasteiger partial charge in [0.2, 0.25) is 0 Å². The van der Waals surface area contributed by atoms with Crippen molar-refractivity contribution in [2.45, 2.75) is 13.1 Å². The van der Waals surface area contributed by atoms with Gasteiger partial charge in [0.05, 0.1) is 18.4 Å². The van der Waals surface area contributed by atoms with E-state index >= 15 is 0 Å². The van der Waals surface area contributed by atoms with Crippen molar-refractivity contribution < 1.29 is 22.7 Å². The van der Waals surface area contributed by atoms with Gasteiger partial charge in [-0.2, -0.15) is 13.2 Å². The first-order valence-electron chi connectivity index (χ1n) is 10.2. The number of benzene rings is 2. The Morgan fingerprint density at radius 1 is 1.03 bits per heavy atom. The summed E-state index contributed by atoms with van der Waals surface area (Å²) < 4.78 is 46.9. The molecular weight excluding hydrogens is 574 g/mol. The summed E-state index contributed by atoms with van der Waals surface area (Å²) >= 11 is 1.58. The van der Waals surface area contributed by atoms with Gasteiger partial charge >= 0.3 is 12.2 Å². The van der Waals surface area contributed by atoms with Gasteiger partial charge in [0.15, 0.2) is 0 Å². The number of anilines is 2. The van der Waals surface area contributed by atoms with E-state index in [-0.39, 0.29) is 15.0 Å². The monoisotopic (exact) mass is 593 g/mol. The number of methoxy groups -OCH3 is 1. The van der Waals surface area contributed by atoms with E-state index in [9.17, 15) is 18.0 Å². The Morgan fingerprint density at radius 3 is 2.40 bits per heavy atom. The number of nitrogens with zero attached hydrogens (tertiary/aromatic N) is 3. The molecule has 0 bridgehead atoms. The van der Waals surface area contributed by atoms with Crippen LogP contribution in [-0.2, 0) is 6.18 Å². The first-order valence-corrected chi connectivity index (χ1v) is 11.3. The minimum atomic E-state index is -4.56. The highest BCUT2D eigenvalue weighted by Crippen LogP contribution is 2.38. The molecule has 0 aliphatic rings. The van der Waals surface area contributed by atoms with Crippen LogP contribution in [0, 0.1) is 10.5 Å². The molecule has 0 saturated heterocycles. The van der Waals surface area contributed by atoms with Crippen LogP contribution in [0.5, 0.6) is 5.75 Å². The molecule has 0 spiro atoms. The van der Waals surface area contributed by atoms with E-state index in [0.717, 1.165) is 28.7 Å². The fourth-order valence-electron chi connectivity index (χ4n) is 3.48. The third-order valence-electron chi connectivity index (χ3n) is 5.16. The molecule has 2 heterocycles. The van der Waals surface area contributed by atoms with Gasteiger partial charge in [0.25, 0.3) is 0 Å². The van der Waals surface area contributed by atoms with Crippen molar-refractivity contribution in [2.24, 2.45) is 0 Å². The van der Waals surface area contributed by atoms with Gasteiger partial charge in [-0.1, -0.05) is 0 Å². The molecule has 35 heavy (non-hydrogen) atoms. The number of pyridine rings is 1. The maximum Gasteiger partial charge on any atom is 0.417 e. The van der Waals surface area contributed by atoms with Crippen molar-refractivity contribution in [1.29, 1.82) is 0 Å². The number of alkyl halides is 3. The molecule has 4 rings (SSSR count). The smallest absolute Gasteiger partial charge is 0.417 e. The predicted octanol–water partition coefficient (Wildman–Crippen LogP) is 6.52. The lowest BCUT2D eigenvalue weighted by molar-refractivity contribution is -0.138. The summed E-state index contributed by atoms with van der Waals surface area (Å²) in [5, 5.41) is 5.13. The molecule has 180 valence electrons. The predicted molar refractivity (Wildman–Crippen MR) is 135 cm³/mol. The number of nitrogens with one attached hydrogen (secondary N) is 2. The number of halogens is 4. The Morgan fingerprint density at radius 2 is 1.74 bits per heavy atom. The minimum absolute atomic E-state index is 0.0324. The van der Waals surface area contributed by atoms with Gasteiger partial charge in [-0.3, -0.25) is 9.55 Å². The maximum absolute atomic E-state index is 13.3. The number of ether oxygens (including phenoxy) is 1. The van der Waals surface area contributed by atoms with Gasteiger partial charge < -0.3 is 15.4 Å². The normalized spacial score (nSPS) is 11.3. The summed E-state index contributed by atoms with van der Waals surface area (Å²) in [5.41, 5.74) is 2.02. The quantitative estimate of drug-likeness (QED) is 0.259. The zero-order chi connectivity index (χ0) is 25.2. The minimum Gasteiger partial charge on any atom is -0.495 e. The van der Waals surface area contributed by atoms with Gasteiger partial charge in [0, 0.05) is 45.3 Å². The summed E-state index contributed by atoms with van der Waals surface area (Å²) in [7, 11) is 1.32. The second kappa shape index (κ2) is 9.94. The van der Waals surface area contributed by atoms with E-state index < -0.39 is 17.8 Å². The lowest BCUT2D eigenvalue weighted by Gasteiger charge is -2.17. The van der Waals surface area contributed by atoms with Crippen LogP contribution in [0.15, 0.2) is 67.3 Å². The van der Waals surface area contributed by atoms with Crippen molar-refractivity contribution in [1.82, 2.24) is 14.5 Å². The molecule has 0 atom stereocenters. The summed E-state index contributed by atoms with van der Waals surface area (Å²) in [5.74, 6) is 0.852. The first-order chi connectivity index (χ1) is 16.7. The molecule has 4 aromatic rings. The number of amides is 2. The SMILES string of the molecule is COc1cc(I)c(C(F)(F)F)cc1NC(=O)Nc1ccc(-n2ccnc2-c2ccncc2)cc1C. The van der Waals surface area contributed by atoms with Gasteiger partial charge in [-0.05, 0) is 77.5 Å². The summed E-state index contributed by atoms with van der Waals surface area (Å²) in [6.07, 6.45) is 2.32. The molecule has 2 aromatic heterocycles. The van der Waals surface area contributed by atoms with Crippen LogP contribution in [0.2, 0.25) is 0 Å². The number of carbonyl (C=O) groups excluding carboxylic acids is 1. The van der Waals surface area contributed by atoms with Gasteiger partial charge in [-0.15, -0.1) is 0 Å². The number of aryl methyl sites for hydroxylation is 1. The Bertz CT molecular complexity index is 1370. The van der Waals surface area contributed by atoms with Gasteiger partial charge in [0.1, 0.15) is 11.6 Å². The van der Waals surface area contributed by atoms with Crippen molar-refractivity contribution in [3.8, 4) is 22.8 Å². The fraction of sp³-hybridized carbons (Fsp3) is 0.125. The maximum atomic E-state index is 13.3. The van der Waals surface area contributed by atoms with Crippen LogP contribution in [0.25, 0.3) is 17.1 Å². The largest absolute Gasteiger partial charge is 0.495 e. The number of aromatic nitrogens is 3. The summed E-state index contributed by atoms with van der Waals surface area (Å²) in [6, 6.07) is 10.5. The number of hydrogen-bond donors (Lipinski definition) is 2. The van der Waals surface area contributed by atoms with E-state index in [1.165, 1.54) is 13.2 Å². The van der Waals surface area contributed by atoms with E-state index in [1.807, 2.05) is 42.0 Å². The van der Waals surface area contributed by atoms with Crippen molar-refractivity contribution in [3.63, 3.8) is 0 Å². The Kier molecular flexibility index (Phi) is 6.96.